The van der Waals surface area contributed by atoms with Crippen molar-refractivity contribution in [3.8, 4) is 6.07 Å². The fourth-order valence-corrected chi connectivity index (χ4v) is 2.64. The molecule has 1 aromatic rings. The molecule has 0 N–H and O–H groups in total. The summed E-state index contributed by atoms with van der Waals surface area (Å²) < 4.78 is 27.5. The third-order valence-corrected chi connectivity index (χ3v) is 3.85. The largest absolute Gasteiger partial charge is 0.465 e. The van der Waals surface area contributed by atoms with Gasteiger partial charge < -0.3 is 13.5 Å². The summed E-state index contributed by atoms with van der Waals surface area (Å²) in [5.74, 6) is 0.432. The molecule has 92 valence electrons. The first-order chi connectivity index (χ1) is 8.16. The quantitative estimate of drug-likeness (QED) is 0.575. The second kappa shape index (κ2) is 6.41. The number of allylic oxidation sites excluding steroid dienone is 1. The van der Waals surface area contributed by atoms with Crippen LogP contribution < -0.4 is 0 Å². The molecule has 0 bridgehead atoms. The van der Waals surface area contributed by atoms with Gasteiger partial charge in [-0.25, -0.2) is 0 Å². The minimum absolute atomic E-state index is 0.0591. The van der Waals surface area contributed by atoms with Crippen LogP contribution >= 0.6 is 7.60 Å². The molecule has 5 nitrogen and oxygen atoms in total. The highest BCUT2D eigenvalue weighted by Gasteiger charge is 2.30. The van der Waals surface area contributed by atoms with Gasteiger partial charge >= 0.3 is 7.60 Å². The average molecular weight is 255 g/mol. The first-order valence-electron chi connectivity index (χ1n) is 5.21. The van der Waals surface area contributed by atoms with Gasteiger partial charge in [0.15, 0.2) is 0 Å². The van der Waals surface area contributed by atoms with E-state index in [0.717, 1.165) is 0 Å². The smallest absolute Gasteiger partial charge is 0.371 e. The van der Waals surface area contributed by atoms with Crippen molar-refractivity contribution in [3.63, 3.8) is 0 Å². The molecule has 0 fully saturated rings. The van der Waals surface area contributed by atoms with Crippen LogP contribution in [0.2, 0.25) is 0 Å². The van der Waals surface area contributed by atoms with Crippen molar-refractivity contribution in [3.05, 3.63) is 29.5 Å². The summed E-state index contributed by atoms with van der Waals surface area (Å²) >= 11 is 0. The molecular formula is C11H14NO4P. The van der Waals surface area contributed by atoms with Crippen molar-refractivity contribution in [2.45, 2.75) is 13.8 Å². The monoisotopic (exact) mass is 255 g/mol. The highest BCUT2D eigenvalue weighted by atomic mass is 31.2. The van der Waals surface area contributed by atoms with E-state index in [1.165, 1.54) is 12.3 Å². The molecule has 17 heavy (non-hydrogen) atoms. The molecule has 0 radical (unpaired) electrons. The molecule has 0 saturated heterocycles. The van der Waals surface area contributed by atoms with Gasteiger partial charge in [-0.15, -0.1) is 0 Å². The molecule has 0 aromatic carbocycles. The van der Waals surface area contributed by atoms with E-state index in [-0.39, 0.29) is 18.5 Å². The van der Waals surface area contributed by atoms with Gasteiger partial charge in [0.05, 0.1) is 19.5 Å². The minimum atomic E-state index is -3.53. The Morgan fingerprint density at radius 1 is 1.53 bits per heavy atom. The first kappa shape index (κ1) is 13.7. The van der Waals surface area contributed by atoms with Gasteiger partial charge in [0.1, 0.15) is 17.1 Å². The molecular weight excluding hydrogens is 241 g/mol. The maximum absolute atomic E-state index is 12.3. The predicted octanol–water partition coefficient (Wildman–Crippen LogP) is 3.41. The summed E-state index contributed by atoms with van der Waals surface area (Å²) in [7, 11) is -3.53. The van der Waals surface area contributed by atoms with Crippen LogP contribution in [0.25, 0.3) is 6.08 Å². The van der Waals surface area contributed by atoms with Crippen LogP contribution in [0, 0.1) is 11.3 Å². The van der Waals surface area contributed by atoms with Crippen molar-refractivity contribution >= 4 is 13.7 Å². The van der Waals surface area contributed by atoms with Crippen LogP contribution in [0.5, 0.6) is 0 Å². The lowest BCUT2D eigenvalue weighted by molar-refractivity contribution is 0.227. The van der Waals surface area contributed by atoms with E-state index >= 15 is 0 Å². The molecule has 0 spiro atoms. The molecule has 1 heterocycles. The second-order valence-electron chi connectivity index (χ2n) is 2.99. The Morgan fingerprint density at radius 2 is 2.18 bits per heavy atom. The Hall–Kier alpha value is -1.34. The molecule has 0 aliphatic carbocycles. The zero-order chi connectivity index (χ0) is 12.7. The average Bonchev–Trinajstić information content (AvgIpc) is 2.79. The second-order valence-corrected chi connectivity index (χ2v) is 4.98. The van der Waals surface area contributed by atoms with Crippen LogP contribution in [-0.4, -0.2) is 13.2 Å². The molecule has 6 heteroatoms. The summed E-state index contributed by atoms with van der Waals surface area (Å²) in [6.07, 6.45) is 2.83. The molecule has 0 saturated carbocycles. The van der Waals surface area contributed by atoms with E-state index in [9.17, 15) is 4.57 Å². The summed E-state index contributed by atoms with van der Waals surface area (Å²) in [6, 6.07) is 5.16. The number of hydrogen-bond donors (Lipinski definition) is 0. The topological polar surface area (TPSA) is 72.5 Å². The number of nitrogens with zero attached hydrogens (tertiary/aromatic N) is 1. The Balaban J connectivity index is 3.06. The molecule has 0 aliphatic heterocycles. The predicted molar refractivity (Wildman–Crippen MR) is 63.2 cm³/mol. The number of rotatable bonds is 6. The molecule has 0 atom stereocenters. The number of furan rings is 1. The normalized spacial score (nSPS) is 12.4. The van der Waals surface area contributed by atoms with Gasteiger partial charge in [0.25, 0.3) is 0 Å². The Morgan fingerprint density at radius 3 is 2.59 bits per heavy atom. The number of hydrogen-bond acceptors (Lipinski definition) is 5. The fourth-order valence-electron chi connectivity index (χ4n) is 1.20. The van der Waals surface area contributed by atoms with Crippen LogP contribution in [0.15, 0.2) is 28.1 Å². The maximum atomic E-state index is 12.3. The SMILES string of the molecule is CCOP(=O)(OCC)/C(C#N)=C\c1ccco1. The Bertz CT molecular complexity index is 448. The summed E-state index contributed by atoms with van der Waals surface area (Å²) in [4.78, 5) is 0. The van der Waals surface area contributed by atoms with E-state index in [0.29, 0.717) is 5.76 Å². The van der Waals surface area contributed by atoms with Gasteiger partial charge in [-0.05, 0) is 26.0 Å². The first-order valence-corrected chi connectivity index (χ1v) is 6.75. The molecule has 0 aliphatic rings. The lowest BCUT2D eigenvalue weighted by Crippen LogP contribution is -1.97. The maximum Gasteiger partial charge on any atom is 0.371 e. The van der Waals surface area contributed by atoms with Crippen LogP contribution in [0.3, 0.4) is 0 Å². The third kappa shape index (κ3) is 3.57. The van der Waals surface area contributed by atoms with Gasteiger partial charge in [-0.2, -0.15) is 5.26 Å². The van der Waals surface area contributed by atoms with Crippen molar-refractivity contribution in [2.75, 3.05) is 13.2 Å². The molecule has 1 rings (SSSR count). The van der Waals surface area contributed by atoms with E-state index in [4.69, 9.17) is 18.7 Å². The lowest BCUT2D eigenvalue weighted by Gasteiger charge is -2.15. The highest BCUT2D eigenvalue weighted by Crippen LogP contribution is 2.56. The third-order valence-electron chi connectivity index (χ3n) is 1.83. The minimum Gasteiger partial charge on any atom is -0.465 e. The zero-order valence-electron chi connectivity index (χ0n) is 9.75. The summed E-state index contributed by atoms with van der Waals surface area (Å²) in [5, 5.41) is 8.96. The van der Waals surface area contributed by atoms with Gasteiger partial charge in [-0.1, -0.05) is 0 Å². The standard InChI is InChI=1S/C11H14NO4P/c1-3-15-17(13,16-4-2)11(9-12)8-10-6-5-7-14-10/h5-8H,3-4H2,1-2H3/b11-8-. The van der Waals surface area contributed by atoms with Crippen LogP contribution in [-0.2, 0) is 13.6 Å². The van der Waals surface area contributed by atoms with Gasteiger partial charge in [0, 0.05) is 6.08 Å². The lowest BCUT2D eigenvalue weighted by atomic mass is 10.4. The Kier molecular flexibility index (Phi) is 5.17. The zero-order valence-corrected chi connectivity index (χ0v) is 10.6. The fraction of sp³-hybridized carbons (Fsp3) is 0.364. The molecule has 0 unspecified atom stereocenters. The Labute approximate surface area is 100 Å². The van der Waals surface area contributed by atoms with Gasteiger partial charge in [-0.3, -0.25) is 4.57 Å². The van der Waals surface area contributed by atoms with Crippen LogP contribution in [0.4, 0.5) is 0 Å². The van der Waals surface area contributed by atoms with Gasteiger partial charge in [0.2, 0.25) is 0 Å². The molecule has 0 amide bonds. The van der Waals surface area contributed by atoms with E-state index in [1.54, 1.807) is 26.0 Å². The van der Waals surface area contributed by atoms with Crippen molar-refractivity contribution < 1.29 is 18.0 Å². The number of nitriles is 1. The highest BCUT2D eigenvalue weighted by molar-refractivity contribution is 7.59. The van der Waals surface area contributed by atoms with Crippen molar-refractivity contribution in [1.29, 1.82) is 5.26 Å². The van der Waals surface area contributed by atoms with Crippen molar-refractivity contribution in [1.82, 2.24) is 0 Å². The molecule has 1 aromatic heterocycles. The van der Waals surface area contributed by atoms with E-state index < -0.39 is 7.60 Å². The van der Waals surface area contributed by atoms with E-state index in [1.807, 2.05) is 6.07 Å². The van der Waals surface area contributed by atoms with Crippen molar-refractivity contribution in [2.24, 2.45) is 0 Å². The van der Waals surface area contributed by atoms with E-state index in [2.05, 4.69) is 0 Å². The summed E-state index contributed by atoms with van der Waals surface area (Å²) in [5.41, 5.74) is 0. The summed E-state index contributed by atoms with van der Waals surface area (Å²) in [6.45, 7) is 3.78. The van der Waals surface area contributed by atoms with Crippen LogP contribution in [0.1, 0.15) is 19.6 Å².